The number of hydrogen-bond donors (Lipinski definition) is 1. The minimum atomic E-state index is 0.0260. The van der Waals surface area contributed by atoms with E-state index in [2.05, 4.69) is 0 Å². The van der Waals surface area contributed by atoms with Crippen molar-refractivity contribution < 1.29 is 4.42 Å². The van der Waals surface area contributed by atoms with E-state index in [-0.39, 0.29) is 11.3 Å². The van der Waals surface area contributed by atoms with Crippen molar-refractivity contribution in [2.75, 3.05) is 0 Å². The summed E-state index contributed by atoms with van der Waals surface area (Å²) in [6.45, 7) is 3.95. The third-order valence-corrected chi connectivity index (χ3v) is 4.76. The molecule has 1 heterocycles. The summed E-state index contributed by atoms with van der Waals surface area (Å²) in [6.07, 6.45) is 0. The van der Waals surface area contributed by atoms with E-state index in [1.807, 2.05) is 50.2 Å². The minimum absolute atomic E-state index is 0.0260. The molecule has 2 aromatic rings. The molecule has 0 fully saturated rings. The molecular weight excluding hydrogens is 278 g/mol. The van der Waals surface area contributed by atoms with Crippen LogP contribution < -0.4 is 5.73 Å². The third kappa shape index (κ3) is 3.78. The number of nitrogens with two attached hydrogens (primary N) is 1. The lowest BCUT2D eigenvalue weighted by atomic mass is 10.2. The van der Waals surface area contributed by atoms with Crippen molar-refractivity contribution in [1.29, 1.82) is 0 Å². The van der Waals surface area contributed by atoms with Gasteiger partial charge in [-0.1, -0.05) is 29.8 Å². The van der Waals surface area contributed by atoms with E-state index in [1.54, 1.807) is 11.8 Å². The van der Waals surface area contributed by atoms with Gasteiger partial charge in [0.05, 0.1) is 5.25 Å². The van der Waals surface area contributed by atoms with E-state index in [9.17, 15) is 0 Å². The molecule has 0 spiro atoms. The normalized spacial score (nSPS) is 14.3. The number of aryl methyl sites for hydroxylation is 1. The number of halogens is 1. The molecule has 0 amide bonds. The Morgan fingerprint density at radius 3 is 2.58 bits per heavy atom. The Morgan fingerprint density at radius 1 is 1.26 bits per heavy atom. The number of thioether (sulfide) groups is 1. The summed E-state index contributed by atoms with van der Waals surface area (Å²) in [5, 5.41) is 0.944. The van der Waals surface area contributed by atoms with Crippen molar-refractivity contribution in [1.82, 2.24) is 0 Å². The van der Waals surface area contributed by atoms with Crippen LogP contribution in [-0.2, 0) is 5.75 Å². The summed E-state index contributed by atoms with van der Waals surface area (Å²) in [6, 6.07) is 11.9. The van der Waals surface area contributed by atoms with Gasteiger partial charge in [-0.05, 0) is 37.6 Å². The van der Waals surface area contributed by atoms with Crippen LogP contribution in [0.2, 0.25) is 5.02 Å². The Labute approximate surface area is 123 Å². The van der Waals surface area contributed by atoms with Crippen LogP contribution in [0.4, 0.5) is 0 Å². The van der Waals surface area contributed by atoms with Crippen molar-refractivity contribution in [2.45, 2.75) is 30.9 Å². The van der Waals surface area contributed by atoms with Crippen molar-refractivity contribution in [2.24, 2.45) is 5.73 Å². The SMILES string of the molecule is Cc1ccc(C(SCc2ccccc2Cl)C(C)N)o1. The highest BCUT2D eigenvalue weighted by atomic mass is 35.5. The second kappa shape index (κ2) is 6.51. The van der Waals surface area contributed by atoms with Crippen molar-refractivity contribution >= 4 is 23.4 Å². The number of rotatable bonds is 5. The van der Waals surface area contributed by atoms with E-state index >= 15 is 0 Å². The molecule has 0 radical (unpaired) electrons. The molecule has 1 aromatic carbocycles. The quantitative estimate of drug-likeness (QED) is 0.878. The van der Waals surface area contributed by atoms with Crippen LogP contribution in [0.5, 0.6) is 0 Å². The van der Waals surface area contributed by atoms with Gasteiger partial charge >= 0.3 is 0 Å². The molecule has 2 rings (SSSR count). The summed E-state index contributed by atoms with van der Waals surface area (Å²) in [4.78, 5) is 0. The maximum absolute atomic E-state index is 6.17. The Balaban J connectivity index is 2.08. The van der Waals surface area contributed by atoms with Gasteiger partial charge in [-0.15, -0.1) is 11.8 Å². The molecule has 4 heteroatoms. The highest BCUT2D eigenvalue weighted by Gasteiger charge is 2.20. The lowest BCUT2D eigenvalue weighted by molar-refractivity contribution is 0.464. The number of hydrogen-bond acceptors (Lipinski definition) is 3. The molecule has 2 atom stereocenters. The van der Waals surface area contributed by atoms with Gasteiger partial charge in [0.2, 0.25) is 0 Å². The van der Waals surface area contributed by atoms with E-state index in [1.165, 1.54) is 0 Å². The standard InChI is InChI=1S/C15H18ClNOS/c1-10-7-8-14(18-10)15(11(2)17)19-9-12-5-3-4-6-13(12)16/h3-8,11,15H,9,17H2,1-2H3. The topological polar surface area (TPSA) is 39.2 Å². The predicted octanol–water partition coefficient (Wildman–Crippen LogP) is 4.56. The Bertz CT molecular complexity index is 538. The Morgan fingerprint density at radius 2 is 2.00 bits per heavy atom. The summed E-state index contributed by atoms with van der Waals surface area (Å²) >= 11 is 7.93. The average Bonchev–Trinajstić information content (AvgIpc) is 2.78. The van der Waals surface area contributed by atoms with E-state index in [4.69, 9.17) is 21.8 Å². The average molecular weight is 296 g/mol. The van der Waals surface area contributed by atoms with Crippen molar-refractivity contribution in [3.63, 3.8) is 0 Å². The second-order valence-electron chi connectivity index (χ2n) is 4.63. The fourth-order valence-electron chi connectivity index (χ4n) is 1.89. The summed E-state index contributed by atoms with van der Waals surface area (Å²) in [5.41, 5.74) is 7.19. The first kappa shape index (κ1) is 14.5. The molecule has 0 saturated heterocycles. The molecule has 19 heavy (non-hydrogen) atoms. The molecule has 0 aliphatic rings. The molecule has 2 N–H and O–H groups in total. The fraction of sp³-hybridized carbons (Fsp3) is 0.333. The molecular formula is C15H18ClNOS. The van der Waals surface area contributed by atoms with Crippen LogP contribution in [-0.4, -0.2) is 6.04 Å². The lowest BCUT2D eigenvalue weighted by Crippen LogP contribution is -2.22. The molecule has 1 aromatic heterocycles. The predicted molar refractivity (Wildman–Crippen MR) is 82.6 cm³/mol. The van der Waals surface area contributed by atoms with Gasteiger partial charge in [-0.25, -0.2) is 0 Å². The third-order valence-electron chi connectivity index (χ3n) is 2.90. The molecule has 2 nitrogen and oxygen atoms in total. The van der Waals surface area contributed by atoms with Gasteiger partial charge in [0, 0.05) is 16.8 Å². The first-order valence-corrected chi connectivity index (χ1v) is 7.67. The summed E-state index contributed by atoms with van der Waals surface area (Å²) in [7, 11) is 0. The number of benzene rings is 1. The van der Waals surface area contributed by atoms with Crippen LogP contribution in [0.25, 0.3) is 0 Å². The molecule has 0 bridgehead atoms. The second-order valence-corrected chi connectivity index (χ2v) is 6.17. The zero-order chi connectivity index (χ0) is 13.8. The van der Waals surface area contributed by atoms with Crippen LogP contribution in [0.1, 0.15) is 29.3 Å². The van der Waals surface area contributed by atoms with E-state index < -0.39 is 0 Å². The Hall–Kier alpha value is -0.900. The van der Waals surface area contributed by atoms with Gasteiger partial charge < -0.3 is 10.2 Å². The first-order valence-electron chi connectivity index (χ1n) is 6.25. The maximum atomic E-state index is 6.17. The highest BCUT2D eigenvalue weighted by Crippen LogP contribution is 2.35. The van der Waals surface area contributed by atoms with Gasteiger partial charge in [-0.2, -0.15) is 0 Å². The monoisotopic (exact) mass is 295 g/mol. The van der Waals surface area contributed by atoms with Crippen molar-refractivity contribution in [3.05, 3.63) is 58.5 Å². The maximum Gasteiger partial charge on any atom is 0.118 e. The van der Waals surface area contributed by atoms with Crippen LogP contribution in [0.3, 0.4) is 0 Å². The molecule has 2 unspecified atom stereocenters. The molecule has 102 valence electrons. The highest BCUT2D eigenvalue weighted by molar-refractivity contribution is 7.98. The first-order chi connectivity index (χ1) is 9.08. The molecule has 0 aliphatic carbocycles. The van der Waals surface area contributed by atoms with Gasteiger partial charge in [0.1, 0.15) is 11.5 Å². The van der Waals surface area contributed by atoms with Gasteiger partial charge in [-0.3, -0.25) is 0 Å². The van der Waals surface area contributed by atoms with Crippen LogP contribution in [0.15, 0.2) is 40.8 Å². The zero-order valence-corrected chi connectivity index (χ0v) is 12.7. The largest absolute Gasteiger partial charge is 0.465 e. The summed E-state index contributed by atoms with van der Waals surface area (Å²) < 4.78 is 5.69. The fourth-order valence-corrected chi connectivity index (χ4v) is 3.38. The van der Waals surface area contributed by atoms with Gasteiger partial charge in [0.25, 0.3) is 0 Å². The Kier molecular flexibility index (Phi) is 4.97. The van der Waals surface area contributed by atoms with E-state index in [0.29, 0.717) is 0 Å². The van der Waals surface area contributed by atoms with E-state index in [0.717, 1.165) is 27.9 Å². The summed E-state index contributed by atoms with van der Waals surface area (Å²) in [5.74, 6) is 2.68. The smallest absolute Gasteiger partial charge is 0.118 e. The van der Waals surface area contributed by atoms with Crippen LogP contribution in [0, 0.1) is 6.92 Å². The van der Waals surface area contributed by atoms with Crippen LogP contribution >= 0.6 is 23.4 Å². The zero-order valence-electron chi connectivity index (χ0n) is 11.1. The lowest BCUT2D eigenvalue weighted by Gasteiger charge is -2.18. The number of furan rings is 1. The minimum Gasteiger partial charge on any atom is -0.465 e. The molecule has 0 aliphatic heterocycles. The van der Waals surface area contributed by atoms with Crippen molar-refractivity contribution in [3.8, 4) is 0 Å². The molecule has 0 saturated carbocycles. The van der Waals surface area contributed by atoms with Gasteiger partial charge in [0.15, 0.2) is 0 Å².